The molecule has 1 aliphatic carbocycles. The number of anilines is 1. The molecule has 5 atom stereocenters. The standard InChI is InChI=1S/C21H22N2O4/c1-3-18-9-8-15(24)23-11-10-19(16(18)23)13-6-4-5-7-14(13)22-21(19)20(12-18,27-21)17(25)26-2/h4-9,16,22H,3,10-12H2,1-2H3. The van der Waals surface area contributed by atoms with E-state index >= 15 is 0 Å². The lowest BCUT2D eigenvalue weighted by Gasteiger charge is -2.54. The molecular weight excluding hydrogens is 344 g/mol. The molecule has 5 aliphatic rings. The van der Waals surface area contributed by atoms with Gasteiger partial charge in [0.1, 0.15) is 0 Å². The third-order valence-corrected chi connectivity index (χ3v) is 7.86. The average molecular weight is 366 g/mol. The number of hydrogen-bond donors (Lipinski definition) is 1. The highest BCUT2D eigenvalue weighted by atomic mass is 16.7. The Kier molecular flexibility index (Phi) is 2.55. The molecule has 0 bridgehead atoms. The van der Waals surface area contributed by atoms with E-state index < -0.39 is 16.7 Å². The van der Waals surface area contributed by atoms with Crippen LogP contribution in [0.25, 0.3) is 0 Å². The van der Waals surface area contributed by atoms with E-state index in [4.69, 9.17) is 9.47 Å². The molecular formula is C21H22N2O4. The molecule has 1 aromatic rings. The van der Waals surface area contributed by atoms with E-state index in [0.717, 1.165) is 24.1 Å². The fourth-order valence-corrected chi connectivity index (χ4v) is 6.87. The third kappa shape index (κ3) is 1.35. The minimum Gasteiger partial charge on any atom is -0.467 e. The minimum atomic E-state index is -1.02. The SMILES string of the molecule is CCC12C=CC(=O)N3CCC4(c5ccccc5NC45OC5(C(=O)OC)C1)C32. The molecule has 4 heterocycles. The number of carbonyl (C=O) groups is 2. The maximum atomic E-state index is 13.0. The van der Waals surface area contributed by atoms with E-state index in [1.54, 1.807) is 6.08 Å². The molecule has 1 saturated carbocycles. The van der Waals surface area contributed by atoms with Crippen LogP contribution in [0.4, 0.5) is 5.69 Å². The van der Waals surface area contributed by atoms with Gasteiger partial charge >= 0.3 is 5.97 Å². The van der Waals surface area contributed by atoms with E-state index in [1.807, 2.05) is 29.2 Å². The number of esters is 1. The predicted octanol–water partition coefficient (Wildman–Crippen LogP) is 1.96. The maximum Gasteiger partial charge on any atom is 0.343 e. The Morgan fingerprint density at radius 2 is 2.22 bits per heavy atom. The summed E-state index contributed by atoms with van der Waals surface area (Å²) in [5, 5.41) is 3.57. The topological polar surface area (TPSA) is 71.2 Å². The molecule has 5 unspecified atom stereocenters. The molecule has 6 heteroatoms. The van der Waals surface area contributed by atoms with Gasteiger partial charge in [0, 0.05) is 24.1 Å². The smallest absolute Gasteiger partial charge is 0.343 e. The number of nitrogens with zero attached hydrogens (tertiary/aromatic N) is 1. The first kappa shape index (κ1) is 15.7. The first-order chi connectivity index (χ1) is 13.0. The fraction of sp³-hybridized carbons (Fsp3) is 0.524. The van der Waals surface area contributed by atoms with Gasteiger partial charge in [-0.2, -0.15) is 0 Å². The van der Waals surface area contributed by atoms with Crippen LogP contribution >= 0.6 is 0 Å². The molecule has 1 aromatic carbocycles. The van der Waals surface area contributed by atoms with Crippen molar-refractivity contribution in [3.63, 3.8) is 0 Å². The van der Waals surface area contributed by atoms with E-state index in [9.17, 15) is 9.59 Å². The Bertz CT molecular complexity index is 944. The zero-order chi connectivity index (χ0) is 18.7. The van der Waals surface area contributed by atoms with Crippen LogP contribution in [0.1, 0.15) is 31.7 Å². The van der Waals surface area contributed by atoms with Crippen molar-refractivity contribution in [1.82, 2.24) is 4.90 Å². The third-order valence-electron chi connectivity index (χ3n) is 7.86. The van der Waals surface area contributed by atoms with Crippen molar-refractivity contribution in [2.24, 2.45) is 5.41 Å². The monoisotopic (exact) mass is 366 g/mol. The number of fused-ring (bicyclic) bond motifs is 1. The van der Waals surface area contributed by atoms with Crippen molar-refractivity contribution in [2.45, 2.75) is 49.0 Å². The summed E-state index contributed by atoms with van der Waals surface area (Å²) in [5.41, 5.74) is -0.457. The van der Waals surface area contributed by atoms with E-state index in [1.165, 1.54) is 7.11 Å². The quantitative estimate of drug-likeness (QED) is 0.640. The normalized spacial score (nSPS) is 44.7. The number of nitrogens with one attached hydrogen (secondary N) is 1. The molecule has 140 valence electrons. The number of benzene rings is 1. The summed E-state index contributed by atoms with van der Waals surface area (Å²) in [4.78, 5) is 27.7. The van der Waals surface area contributed by atoms with Crippen molar-refractivity contribution in [2.75, 3.05) is 19.0 Å². The van der Waals surface area contributed by atoms with E-state index in [2.05, 4.69) is 18.3 Å². The second kappa shape index (κ2) is 4.38. The Morgan fingerprint density at radius 1 is 1.41 bits per heavy atom. The average Bonchev–Trinajstić information content (AvgIpc) is 3.03. The molecule has 4 aliphatic heterocycles. The lowest BCUT2D eigenvalue weighted by atomic mass is 9.50. The van der Waals surface area contributed by atoms with Crippen molar-refractivity contribution in [1.29, 1.82) is 0 Å². The number of para-hydroxylation sites is 1. The van der Waals surface area contributed by atoms with Gasteiger partial charge in [-0.25, -0.2) is 4.79 Å². The van der Waals surface area contributed by atoms with Crippen molar-refractivity contribution in [3.8, 4) is 0 Å². The number of epoxide rings is 1. The van der Waals surface area contributed by atoms with E-state index in [-0.39, 0.29) is 23.3 Å². The Hall–Kier alpha value is -2.34. The molecule has 0 radical (unpaired) electrons. The second-order valence-electron chi connectivity index (χ2n) is 8.52. The Balaban J connectivity index is 1.68. The number of rotatable bonds is 2. The molecule has 3 fully saturated rings. The number of ether oxygens (including phenoxy) is 2. The molecule has 1 amide bonds. The summed E-state index contributed by atoms with van der Waals surface area (Å²) in [6.07, 6.45) is 5.86. The number of amides is 1. The van der Waals surface area contributed by atoms with Crippen LogP contribution in [0.3, 0.4) is 0 Å². The van der Waals surface area contributed by atoms with Gasteiger partial charge in [0.05, 0.1) is 18.6 Å². The summed E-state index contributed by atoms with van der Waals surface area (Å²) in [5.74, 6) is -0.260. The highest BCUT2D eigenvalue weighted by molar-refractivity contribution is 5.94. The van der Waals surface area contributed by atoms with Gasteiger partial charge in [-0.05, 0) is 30.5 Å². The van der Waals surface area contributed by atoms with Crippen molar-refractivity contribution in [3.05, 3.63) is 42.0 Å². The van der Waals surface area contributed by atoms with E-state index in [0.29, 0.717) is 13.0 Å². The zero-order valence-corrected chi connectivity index (χ0v) is 15.5. The number of hydrogen-bond acceptors (Lipinski definition) is 5. The molecule has 1 N–H and O–H groups in total. The van der Waals surface area contributed by atoms with Gasteiger partial charge in [0.15, 0.2) is 5.72 Å². The summed E-state index contributed by atoms with van der Waals surface area (Å²) in [6.45, 7) is 2.81. The summed E-state index contributed by atoms with van der Waals surface area (Å²) in [6, 6.07) is 8.16. The molecule has 6 rings (SSSR count). The lowest BCUT2D eigenvalue weighted by molar-refractivity contribution is -0.150. The highest BCUT2D eigenvalue weighted by Crippen LogP contribution is 2.77. The Labute approximate surface area is 157 Å². The van der Waals surface area contributed by atoms with Crippen LogP contribution in [-0.2, 0) is 24.5 Å². The second-order valence-corrected chi connectivity index (χ2v) is 8.52. The van der Waals surface area contributed by atoms with Crippen LogP contribution in [0.15, 0.2) is 36.4 Å². The van der Waals surface area contributed by atoms with Gasteiger partial charge in [-0.15, -0.1) is 0 Å². The van der Waals surface area contributed by atoms with Crippen LogP contribution in [0.2, 0.25) is 0 Å². The first-order valence-corrected chi connectivity index (χ1v) is 9.66. The summed E-state index contributed by atoms with van der Waals surface area (Å²) >= 11 is 0. The zero-order valence-electron chi connectivity index (χ0n) is 15.5. The molecule has 0 aromatic heterocycles. The molecule has 27 heavy (non-hydrogen) atoms. The Morgan fingerprint density at radius 3 is 3.00 bits per heavy atom. The van der Waals surface area contributed by atoms with Gasteiger partial charge in [0.2, 0.25) is 11.5 Å². The van der Waals surface area contributed by atoms with Gasteiger partial charge in [-0.3, -0.25) is 4.79 Å². The summed E-state index contributed by atoms with van der Waals surface area (Å²) < 4.78 is 11.7. The maximum absolute atomic E-state index is 13.0. The van der Waals surface area contributed by atoms with Crippen molar-refractivity contribution >= 4 is 17.6 Å². The molecule has 2 saturated heterocycles. The minimum absolute atomic E-state index is 0.0241. The van der Waals surface area contributed by atoms with Crippen LogP contribution in [0.5, 0.6) is 0 Å². The largest absolute Gasteiger partial charge is 0.467 e. The van der Waals surface area contributed by atoms with Gasteiger partial charge in [-0.1, -0.05) is 31.2 Å². The van der Waals surface area contributed by atoms with Gasteiger partial charge in [0.25, 0.3) is 0 Å². The lowest BCUT2D eigenvalue weighted by Crippen LogP contribution is -2.68. The summed E-state index contributed by atoms with van der Waals surface area (Å²) in [7, 11) is 1.42. The predicted molar refractivity (Wildman–Crippen MR) is 96.9 cm³/mol. The molecule has 2 spiro atoms. The number of methoxy groups -OCH3 is 1. The van der Waals surface area contributed by atoms with Gasteiger partial charge < -0.3 is 19.7 Å². The fourth-order valence-electron chi connectivity index (χ4n) is 6.87. The van der Waals surface area contributed by atoms with Crippen LogP contribution < -0.4 is 5.32 Å². The van der Waals surface area contributed by atoms with Crippen LogP contribution in [-0.4, -0.2) is 47.8 Å². The van der Waals surface area contributed by atoms with Crippen LogP contribution in [0, 0.1) is 5.41 Å². The molecule has 6 nitrogen and oxygen atoms in total. The van der Waals surface area contributed by atoms with Crippen molar-refractivity contribution < 1.29 is 19.1 Å². The first-order valence-electron chi connectivity index (χ1n) is 9.66. The number of carbonyl (C=O) groups excluding carboxylic acids is 2. The highest BCUT2D eigenvalue weighted by Gasteiger charge is 2.93.